The monoisotopic (exact) mass is 328 g/mol. The second kappa shape index (κ2) is 7.79. The number of nitrogens with zero attached hydrogens (tertiary/aromatic N) is 1. The number of carbonyl (C=O) groups excluding carboxylic acids is 2. The largest absolute Gasteiger partial charge is 0.462 e. The number of ether oxygens (including phenoxy) is 1. The van der Waals surface area contributed by atoms with Crippen molar-refractivity contribution in [3.05, 3.63) is 29.8 Å². The van der Waals surface area contributed by atoms with Crippen LogP contribution in [0.4, 0.5) is 5.69 Å². The van der Waals surface area contributed by atoms with Crippen molar-refractivity contribution in [1.29, 1.82) is 0 Å². The van der Waals surface area contributed by atoms with Gasteiger partial charge in [0.05, 0.1) is 30.7 Å². The van der Waals surface area contributed by atoms with Crippen LogP contribution < -0.4 is 9.62 Å². The van der Waals surface area contributed by atoms with E-state index in [0.29, 0.717) is 0 Å². The molecule has 22 heavy (non-hydrogen) atoms. The van der Waals surface area contributed by atoms with Crippen LogP contribution in [0.2, 0.25) is 0 Å². The Bertz CT molecular complexity index is 642. The van der Waals surface area contributed by atoms with Crippen LogP contribution in [0.25, 0.3) is 0 Å². The van der Waals surface area contributed by atoms with E-state index in [1.165, 1.54) is 19.1 Å². The quantitative estimate of drug-likeness (QED) is 0.746. The van der Waals surface area contributed by atoms with Crippen molar-refractivity contribution < 1.29 is 22.7 Å². The van der Waals surface area contributed by atoms with E-state index in [2.05, 4.69) is 5.32 Å². The summed E-state index contributed by atoms with van der Waals surface area (Å²) < 4.78 is 30.0. The van der Waals surface area contributed by atoms with Gasteiger partial charge in [0.2, 0.25) is 15.9 Å². The average Bonchev–Trinajstić information content (AvgIpc) is 2.42. The zero-order valence-corrected chi connectivity index (χ0v) is 13.6. The van der Waals surface area contributed by atoms with Crippen molar-refractivity contribution in [3.8, 4) is 0 Å². The maximum atomic E-state index is 12.0. The molecule has 1 aromatic rings. The van der Waals surface area contributed by atoms with Gasteiger partial charge >= 0.3 is 5.97 Å². The summed E-state index contributed by atoms with van der Waals surface area (Å²) in [5.41, 5.74) is 0.395. The summed E-state index contributed by atoms with van der Waals surface area (Å²) in [4.78, 5) is 22.9. The number of rotatable bonds is 7. The molecule has 0 heterocycles. The first kappa shape index (κ1) is 18.0. The first-order valence-corrected chi connectivity index (χ1v) is 8.60. The van der Waals surface area contributed by atoms with Gasteiger partial charge in [0.1, 0.15) is 0 Å². The summed E-state index contributed by atoms with van der Waals surface area (Å²) in [7, 11) is -3.61. The number of hydrogen-bond donors (Lipinski definition) is 1. The molecule has 7 nitrogen and oxygen atoms in total. The summed E-state index contributed by atoms with van der Waals surface area (Å²) in [5, 5.41) is 2.53. The average molecular weight is 328 g/mol. The molecule has 0 radical (unpaired) electrons. The first-order chi connectivity index (χ1) is 10.3. The molecule has 0 aliphatic rings. The number of amides is 1. The Kier molecular flexibility index (Phi) is 6.36. The lowest BCUT2D eigenvalue weighted by atomic mass is 10.2. The molecule has 1 N–H and O–H groups in total. The van der Waals surface area contributed by atoms with Gasteiger partial charge in [-0.15, -0.1) is 0 Å². The maximum Gasteiger partial charge on any atom is 0.340 e. The molecule has 122 valence electrons. The number of nitrogens with one attached hydrogen (secondary N) is 1. The Hall–Kier alpha value is -2.09. The summed E-state index contributed by atoms with van der Waals surface area (Å²) in [6.07, 6.45) is 1.04. The molecule has 0 unspecified atom stereocenters. The molecule has 0 bridgehead atoms. The third-order valence-electron chi connectivity index (χ3n) is 2.76. The highest BCUT2D eigenvalue weighted by molar-refractivity contribution is 7.92. The summed E-state index contributed by atoms with van der Waals surface area (Å²) >= 11 is 0. The van der Waals surface area contributed by atoms with Gasteiger partial charge in [-0.05, 0) is 19.1 Å². The van der Waals surface area contributed by atoms with Crippen LogP contribution in [0.15, 0.2) is 24.3 Å². The predicted molar refractivity (Wildman–Crippen MR) is 83.3 cm³/mol. The zero-order valence-electron chi connectivity index (χ0n) is 12.8. The molecule has 0 saturated carbocycles. The van der Waals surface area contributed by atoms with E-state index in [1.807, 2.05) is 0 Å². The molecule has 0 aliphatic heterocycles. The summed E-state index contributed by atoms with van der Waals surface area (Å²) in [5.74, 6) is -0.849. The summed E-state index contributed by atoms with van der Waals surface area (Å²) in [6, 6.07) is 6.30. The number of hydrogen-bond acceptors (Lipinski definition) is 5. The van der Waals surface area contributed by atoms with Gasteiger partial charge < -0.3 is 10.1 Å². The van der Waals surface area contributed by atoms with Crippen LogP contribution in [0.5, 0.6) is 0 Å². The van der Waals surface area contributed by atoms with Gasteiger partial charge in [-0.1, -0.05) is 12.1 Å². The number of carbonyl (C=O) groups is 2. The van der Waals surface area contributed by atoms with Crippen molar-refractivity contribution in [3.63, 3.8) is 0 Å². The highest BCUT2D eigenvalue weighted by Crippen LogP contribution is 2.23. The van der Waals surface area contributed by atoms with Gasteiger partial charge in [-0.3, -0.25) is 9.10 Å². The van der Waals surface area contributed by atoms with Crippen molar-refractivity contribution in [2.24, 2.45) is 0 Å². The Morgan fingerprint density at radius 2 is 1.91 bits per heavy atom. The maximum absolute atomic E-state index is 12.0. The molecular formula is C14H20N2O5S. The number of para-hydroxylation sites is 1. The van der Waals surface area contributed by atoms with Crippen LogP contribution in [0.3, 0.4) is 0 Å². The number of benzene rings is 1. The fraction of sp³-hybridized carbons (Fsp3) is 0.429. The molecule has 0 saturated heterocycles. The standard InChI is InChI=1S/C14H20N2O5S/c1-4-21-14(18)12-7-5-6-8-13(12)16(22(3,19)20)10-9-15-11(2)17/h5-8H,4,9-10H2,1-3H3,(H,15,17). The fourth-order valence-corrected chi connectivity index (χ4v) is 2.81. The van der Waals surface area contributed by atoms with E-state index in [4.69, 9.17) is 4.74 Å². The van der Waals surface area contributed by atoms with Crippen molar-refractivity contribution in [1.82, 2.24) is 5.32 Å². The molecule has 1 amide bonds. The highest BCUT2D eigenvalue weighted by atomic mass is 32.2. The van der Waals surface area contributed by atoms with E-state index in [9.17, 15) is 18.0 Å². The Morgan fingerprint density at radius 3 is 2.45 bits per heavy atom. The Balaban J connectivity index is 3.15. The minimum atomic E-state index is -3.61. The van der Waals surface area contributed by atoms with Gasteiger partial charge in [-0.25, -0.2) is 13.2 Å². The predicted octanol–water partition coefficient (Wildman–Crippen LogP) is 0.765. The SMILES string of the molecule is CCOC(=O)c1ccccc1N(CCNC(C)=O)S(C)(=O)=O. The minimum Gasteiger partial charge on any atom is -0.462 e. The van der Waals surface area contributed by atoms with Crippen LogP contribution in [-0.2, 0) is 19.6 Å². The Labute approximate surface area is 130 Å². The molecule has 0 fully saturated rings. The topological polar surface area (TPSA) is 92.8 Å². The highest BCUT2D eigenvalue weighted by Gasteiger charge is 2.23. The van der Waals surface area contributed by atoms with Crippen LogP contribution in [0, 0.1) is 0 Å². The zero-order chi connectivity index (χ0) is 16.8. The van der Waals surface area contributed by atoms with E-state index in [1.54, 1.807) is 19.1 Å². The lowest BCUT2D eigenvalue weighted by Crippen LogP contribution is -2.38. The third-order valence-corrected chi connectivity index (χ3v) is 3.94. The van der Waals surface area contributed by atoms with E-state index in [-0.39, 0.29) is 36.9 Å². The van der Waals surface area contributed by atoms with Crippen LogP contribution >= 0.6 is 0 Å². The lowest BCUT2D eigenvalue weighted by molar-refractivity contribution is -0.118. The van der Waals surface area contributed by atoms with E-state index < -0.39 is 16.0 Å². The molecule has 0 spiro atoms. The van der Waals surface area contributed by atoms with Gasteiger partial charge in [0.25, 0.3) is 0 Å². The second-order valence-corrected chi connectivity index (χ2v) is 6.46. The lowest BCUT2D eigenvalue weighted by Gasteiger charge is -2.24. The third kappa shape index (κ3) is 5.03. The van der Waals surface area contributed by atoms with Crippen molar-refractivity contribution in [2.45, 2.75) is 13.8 Å². The summed E-state index contributed by atoms with van der Waals surface area (Å²) in [6.45, 7) is 3.37. The molecule has 1 rings (SSSR count). The second-order valence-electron chi connectivity index (χ2n) is 4.56. The van der Waals surface area contributed by atoms with Gasteiger partial charge in [-0.2, -0.15) is 0 Å². The molecule has 0 aromatic heterocycles. The fourth-order valence-electron chi connectivity index (χ4n) is 1.87. The minimum absolute atomic E-state index is 0.0227. The van der Waals surface area contributed by atoms with E-state index >= 15 is 0 Å². The molecule has 8 heteroatoms. The molecule has 0 aliphatic carbocycles. The Morgan fingerprint density at radius 1 is 1.27 bits per heavy atom. The molecule has 1 aromatic carbocycles. The molecule has 0 atom stereocenters. The number of esters is 1. The van der Waals surface area contributed by atoms with E-state index in [0.717, 1.165) is 10.6 Å². The van der Waals surface area contributed by atoms with Crippen molar-refractivity contribution >= 4 is 27.6 Å². The van der Waals surface area contributed by atoms with Crippen molar-refractivity contribution in [2.75, 3.05) is 30.3 Å². The smallest absolute Gasteiger partial charge is 0.340 e. The van der Waals surface area contributed by atoms with Crippen LogP contribution in [-0.4, -0.2) is 46.2 Å². The first-order valence-electron chi connectivity index (χ1n) is 6.75. The molecular weight excluding hydrogens is 308 g/mol. The van der Waals surface area contributed by atoms with Gasteiger partial charge in [0, 0.05) is 13.5 Å². The normalized spacial score (nSPS) is 10.9. The van der Waals surface area contributed by atoms with Crippen LogP contribution in [0.1, 0.15) is 24.2 Å². The van der Waals surface area contributed by atoms with Gasteiger partial charge in [0.15, 0.2) is 0 Å². The number of sulfonamides is 1. The number of anilines is 1.